The fourth-order valence-electron chi connectivity index (χ4n) is 10.2. The van der Waals surface area contributed by atoms with Gasteiger partial charge in [0.1, 0.15) is 28.3 Å². The third-order valence-corrected chi connectivity index (χ3v) is 12.8. The first-order valence-electron chi connectivity index (χ1n) is 21.7. The molecule has 4 aliphatic carbocycles. The number of alkyl carbamates (subject to hydrolysis) is 1. The zero-order valence-electron chi connectivity index (χ0n) is 37.2. The van der Waals surface area contributed by atoms with Crippen LogP contribution in [-0.4, -0.2) is 116 Å². The van der Waals surface area contributed by atoms with Crippen molar-refractivity contribution >= 4 is 18.0 Å². The number of ether oxygens (including phenoxy) is 3. The summed E-state index contributed by atoms with van der Waals surface area (Å²) in [5.41, 5.74) is 2.52. The van der Waals surface area contributed by atoms with Gasteiger partial charge in [0.2, 0.25) is 0 Å². The number of aliphatic hydroxyl groups is 1. The Morgan fingerprint density at radius 2 is 1.65 bits per heavy atom. The Morgan fingerprint density at radius 1 is 0.984 bits per heavy atom. The van der Waals surface area contributed by atoms with E-state index in [2.05, 4.69) is 40.9 Å². The quantitative estimate of drug-likeness (QED) is 0.0947. The third-order valence-electron chi connectivity index (χ3n) is 12.8. The SMILES string of the molecule is COc1cccc(OC)c1-c1cc(C(=O)NC2(C(=O)O)C3CC4CC(C3)CC2C4)nn1-c1ccc(-c2cn(CCCN(C)C[C@@H](O)CNC(=O)OC(C)(C)C)nn2)cc1C(C)C. The van der Waals surface area contributed by atoms with E-state index in [9.17, 15) is 24.6 Å². The summed E-state index contributed by atoms with van der Waals surface area (Å²) in [6.07, 6.45) is 5.76. The summed E-state index contributed by atoms with van der Waals surface area (Å²) in [6.45, 7) is 11.3. The number of likely N-dealkylation sites (N-methyl/N-ethyl adjacent to an activating group) is 1. The maximum atomic E-state index is 14.4. The lowest BCUT2D eigenvalue weighted by Crippen LogP contribution is -2.70. The van der Waals surface area contributed by atoms with E-state index in [1.54, 1.807) is 50.4 Å². The van der Waals surface area contributed by atoms with Crippen LogP contribution < -0.4 is 20.1 Å². The normalized spacial score (nSPS) is 22.2. The molecule has 4 aromatic rings. The van der Waals surface area contributed by atoms with Gasteiger partial charge in [-0.15, -0.1) is 5.10 Å². The maximum Gasteiger partial charge on any atom is 0.407 e. The smallest absolute Gasteiger partial charge is 0.407 e. The van der Waals surface area contributed by atoms with Crippen LogP contribution in [0.4, 0.5) is 4.79 Å². The number of methoxy groups -OCH3 is 2. The van der Waals surface area contributed by atoms with Gasteiger partial charge in [-0.3, -0.25) is 9.48 Å². The average molecular weight is 855 g/mol. The van der Waals surface area contributed by atoms with Crippen LogP contribution in [0.2, 0.25) is 0 Å². The molecule has 2 heterocycles. The van der Waals surface area contributed by atoms with E-state index in [0.717, 1.165) is 55.3 Å². The Morgan fingerprint density at radius 3 is 2.24 bits per heavy atom. The Kier molecular flexibility index (Phi) is 13.0. The van der Waals surface area contributed by atoms with Crippen LogP contribution in [0.25, 0.3) is 28.2 Å². The Balaban J connectivity index is 1.12. The molecular formula is C46H62N8O8. The van der Waals surface area contributed by atoms with Crippen LogP contribution in [0.15, 0.2) is 48.7 Å². The lowest BCUT2D eigenvalue weighted by Gasteiger charge is -2.59. The lowest BCUT2D eigenvalue weighted by atomic mass is 9.48. The van der Waals surface area contributed by atoms with Crippen LogP contribution in [0.1, 0.15) is 95.1 Å². The number of aliphatic carboxylic acids is 1. The van der Waals surface area contributed by atoms with E-state index in [4.69, 9.17) is 19.3 Å². The lowest BCUT2D eigenvalue weighted by molar-refractivity contribution is -0.163. The van der Waals surface area contributed by atoms with Gasteiger partial charge < -0.3 is 40.0 Å². The number of carboxylic acid groups (broad SMARTS) is 1. The molecule has 16 nitrogen and oxygen atoms in total. The highest BCUT2D eigenvalue weighted by molar-refractivity contribution is 5.98. The monoisotopic (exact) mass is 854 g/mol. The number of carbonyl (C=O) groups excluding carboxylic acids is 2. The molecule has 4 aliphatic rings. The van der Waals surface area contributed by atoms with Gasteiger partial charge in [0.15, 0.2) is 5.69 Å². The summed E-state index contributed by atoms with van der Waals surface area (Å²) >= 11 is 0. The average Bonchev–Trinajstić information content (AvgIpc) is 3.88. The second kappa shape index (κ2) is 18.1. The predicted molar refractivity (Wildman–Crippen MR) is 232 cm³/mol. The number of nitrogens with zero attached hydrogens (tertiary/aromatic N) is 6. The topological polar surface area (TPSA) is 195 Å². The molecule has 2 amide bonds. The summed E-state index contributed by atoms with van der Waals surface area (Å²) in [6, 6.07) is 13.2. The zero-order chi connectivity index (χ0) is 44.5. The highest BCUT2D eigenvalue weighted by Gasteiger charge is 2.62. The standard InChI is InChI=1S/C46H62N8O8/c1-27(2)34-22-30(36-26-53(51-49-36)16-10-15-52(6)25-33(55)24-47-44(59)62-45(3,4)5)13-14-37(34)54-38(41-39(60-7)11-9-12-40(41)61-8)23-35(50-54)42(56)48-46(43(57)58)31-18-28-17-29(20-31)21-32(46)19-28/h9,11-14,22-23,26-29,31-33,55H,10,15-21,24-25H2,1-8H3,(H,47,59)(H,48,56)(H,57,58)/t28?,29?,31?,32?,33-,46?/m0/s1. The molecular weight excluding hydrogens is 793 g/mol. The van der Waals surface area contributed by atoms with Gasteiger partial charge in [-0.25, -0.2) is 14.3 Å². The van der Waals surface area contributed by atoms with Crippen molar-refractivity contribution in [3.8, 4) is 39.7 Å². The number of aryl methyl sites for hydroxylation is 1. The van der Waals surface area contributed by atoms with E-state index in [0.29, 0.717) is 59.9 Å². The molecule has 62 heavy (non-hydrogen) atoms. The minimum Gasteiger partial charge on any atom is -0.496 e. The van der Waals surface area contributed by atoms with Crippen molar-refractivity contribution in [1.29, 1.82) is 0 Å². The summed E-state index contributed by atoms with van der Waals surface area (Å²) in [5, 5.41) is 40.8. The molecule has 4 bridgehead atoms. The molecule has 0 radical (unpaired) electrons. The molecule has 2 aromatic carbocycles. The molecule has 0 aliphatic heterocycles. The minimum atomic E-state index is -1.33. The molecule has 4 fully saturated rings. The third kappa shape index (κ3) is 9.31. The van der Waals surface area contributed by atoms with E-state index < -0.39 is 35.2 Å². The van der Waals surface area contributed by atoms with Gasteiger partial charge >= 0.3 is 12.1 Å². The van der Waals surface area contributed by atoms with Crippen molar-refractivity contribution in [3.05, 3.63) is 59.9 Å². The molecule has 0 spiro atoms. The first-order chi connectivity index (χ1) is 29.5. The predicted octanol–water partition coefficient (Wildman–Crippen LogP) is 6.16. The van der Waals surface area contributed by atoms with E-state index in [1.165, 1.54) is 0 Å². The van der Waals surface area contributed by atoms with Gasteiger partial charge in [0.25, 0.3) is 5.91 Å². The van der Waals surface area contributed by atoms with Crippen LogP contribution in [0.3, 0.4) is 0 Å². The van der Waals surface area contributed by atoms with Crippen LogP contribution >= 0.6 is 0 Å². The van der Waals surface area contributed by atoms with Gasteiger partial charge in [0, 0.05) is 25.2 Å². The number of carbonyl (C=O) groups is 3. The fraction of sp³-hybridized carbons (Fsp3) is 0.565. The minimum absolute atomic E-state index is 0.0161. The zero-order valence-corrected chi connectivity index (χ0v) is 37.2. The van der Waals surface area contributed by atoms with Crippen molar-refractivity contribution in [2.75, 3.05) is 40.9 Å². The number of hydrogen-bond acceptors (Lipinski definition) is 11. The number of nitrogens with one attached hydrogen (secondary N) is 2. The highest BCUT2D eigenvalue weighted by Crippen LogP contribution is 2.58. The van der Waals surface area contributed by atoms with Crippen molar-refractivity contribution < 1.29 is 38.8 Å². The molecule has 1 atom stereocenters. The number of aromatic nitrogens is 5. The molecule has 2 aromatic heterocycles. The van der Waals surface area contributed by atoms with Gasteiger partial charge in [-0.1, -0.05) is 31.2 Å². The summed E-state index contributed by atoms with van der Waals surface area (Å²) in [7, 11) is 5.07. The molecule has 0 unspecified atom stereocenters. The van der Waals surface area contributed by atoms with E-state index >= 15 is 0 Å². The first-order valence-corrected chi connectivity index (χ1v) is 21.7. The van der Waals surface area contributed by atoms with Crippen LogP contribution in [0.5, 0.6) is 11.5 Å². The molecule has 4 N–H and O–H groups in total. The van der Waals surface area contributed by atoms with E-state index in [1.807, 2.05) is 48.5 Å². The molecule has 8 rings (SSSR count). The summed E-state index contributed by atoms with van der Waals surface area (Å²) in [4.78, 5) is 41.6. The number of carboxylic acids is 1. The van der Waals surface area contributed by atoms with E-state index in [-0.39, 0.29) is 30.0 Å². The van der Waals surface area contributed by atoms with Gasteiger partial charge in [0.05, 0.1) is 43.5 Å². The fourth-order valence-corrected chi connectivity index (χ4v) is 10.2. The summed E-state index contributed by atoms with van der Waals surface area (Å²) in [5.74, 6) is 0.395. The number of rotatable bonds is 17. The number of hydrogen-bond donors (Lipinski definition) is 4. The van der Waals surface area contributed by atoms with Crippen molar-refractivity contribution in [2.45, 2.75) is 103 Å². The Labute approximate surface area is 363 Å². The Bertz CT molecular complexity index is 2210. The number of amides is 2. The number of benzene rings is 2. The molecule has 334 valence electrons. The number of aliphatic hydroxyl groups excluding tert-OH is 1. The van der Waals surface area contributed by atoms with Crippen molar-refractivity contribution in [2.24, 2.45) is 23.7 Å². The highest BCUT2D eigenvalue weighted by atomic mass is 16.6. The summed E-state index contributed by atoms with van der Waals surface area (Å²) < 4.78 is 20.4. The van der Waals surface area contributed by atoms with Gasteiger partial charge in [-0.2, -0.15) is 5.10 Å². The Hall–Kier alpha value is -5.48. The first kappa shape index (κ1) is 44.6. The molecule has 4 saturated carbocycles. The van der Waals surface area contributed by atoms with Crippen LogP contribution in [0, 0.1) is 23.7 Å². The maximum absolute atomic E-state index is 14.4. The second-order valence-electron chi connectivity index (χ2n) is 18.7. The second-order valence-corrected chi connectivity index (χ2v) is 18.7. The van der Waals surface area contributed by atoms with Crippen molar-refractivity contribution in [3.63, 3.8) is 0 Å². The van der Waals surface area contributed by atoms with Gasteiger partial charge in [-0.05, 0) is 138 Å². The largest absolute Gasteiger partial charge is 0.496 e. The molecule has 0 saturated heterocycles. The van der Waals surface area contributed by atoms with Crippen LogP contribution in [-0.2, 0) is 16.1 Å². The molecule has 16 heteroatoms. The van der Waals surface area contributed by atoms with Crippen molar-refractivity contribution in [1.82, 2.24) is 40.3 Å².